The summed E-state index contributed by atoms with van der Waals surface area (Å²) in [7, 11) is 2.82. The molecule has 0 radical (unpaired) electrons. The highest BCUT2D eigenvalue weighted by atomic mass is 32.1. The highest BCUT2D eigenvalue weighted by Crippen LogP contribution is 2.33. The lowest BCUT2D eigenvalue weighted by atomic mass is 10.1. The molecule has 11 heteroatoms. The van der Waals surface area contributed by atoms with Crippen LogP contribution in [0.5, 0.6) is 17.2 Å². The van der Waals surface area contributed by atoms with Crippen molar-refractivity contribution in [2.24, 2.45) is 0 Å². The van der Waals surface area contributed by atoms with Gasteiger partial charge in [-0.1, -0.05) is 0 Å². The molecule has 0 aliphatic carbocycles. The molecule has 0 bridgehead atoms. The Balaban J connectivity index is 1.54. The summed E-state index contributed by atoms with van der Waals surface area (Å²) >= 11 is 1.33. The van der Waals surface area contributed by atoms with E-state index in [1.165, 1.54) is 25.6 Å². The first-order valence-corrected chi connectivity index (χ1v) is 10.5. The van der Waals surface area contributed by atoms with Crippen LogP contribution in [0.4, 0.5) is 15.6 Å². The van der Waals surface area contributed by atoms with Gasteiger partial charge in [0, 0.05) is 34.9 Å². The number of urea groups is 1. The average Bonchev–Trinajstić information content (AvgIpc) is 3.32. The van der Waals surface area contributed by atoms with Crippen molar-refractivity contribution < 1.29 is 23.9 Å². The maximum absolute atomic E-state index is 12.3. The molecule has 33 heavy (non-hydrogen) atoms. The average molecular weight is 465 g/mol. The number of rotatable bonds is 7. The van der Waals surface area contributed by atoms with Gasteiger partial charge in [0.15, 0.2) is 5.13 Å². The van der Waals surface area contributed by atoms with E-state index in [1.807, 2.05) is 0 Å². The fourth-order valence-corrected chi connectivity index (χ4v) is 3.53. The van der Waals surface area contributed by atoms with Gasteiger partial charge < -0.3 is 14.8 Å². The Hall–Kier alpha value is -4.22. The van der Waals surface area contributed by atoms with E-state index < -0.39 is 11.9 Å². The second-order valence-electron chi connectivity index (χ2n) is 6.56. The van der Waals surface area contributed by atoms with Crippen LogP contribution in [0.15, 0.2) is 60.2 Å². The summed E-state index contributed by atoms with van der Waals surface area (Å²) in [5.41, 5.74) is 3.73. The number of ether oxygens (including phenoxy) is 2. The lowest BCUT2D eigenvalue weighted by Gasteiger charge is -2.13. The minimum Gasteiger partial charge on any atom is -0.496 e. The molecular weight excluding hydrogens is 446 g/mol. The Labute approximate surface area is 192 Å². The number of carbonyl (C=O) groups excluding carboxylic acids is 2. The number of pyridine rings is 1. The standard InChI is InChI=1S/C22H19N5O5S/c1-30-19-12-17-15(11-16(19)20(28)27-31-2)18(7-8-23-17)32-14-5-3-13(4-6-14)25-21(29)26-22-24-9-10-33-22/h3-12H,1-2H3,(H,27,28)(H2,24,25,26,29). The number of hydrogen-bond acceptors (Lipinski definition) is 8. The molecule has 0 spiro atoms. The smallest absolute Gasteiger partial charge is 0.325 e. The first-order valence-electron chi connectivity index (χ1n) is 9.63. The molecule has 3 N–H and O–H groups in total. The summed E-state index contributed by atoms with van der Waals surface area (Å²) in [4.78, 5) is 37.4. The van der Waals surface area contributed by atoms with Crippen LogP contribution >= 0.6 is 11.3 Å². The van der Waals surface area contributed by atoms with Gasteiger partial charge in [-0.2, -0.15) is 0 Å². The first-order chi connectivity index (χ1) is 16.1. The highest BCUT2D eigenvalue weighted by Gasteiger charge is 2.16. The molecule has 2 aromatic carbocycles. The fraction of sp³-hybridized carbons (Fsp3) is 0.0909. The Bertz CT molecular complexity index is 1280. The molecule has 4 rings (SSSR count). The summed E-state index contributed by atoms with van der Waals surface area (Å²) < 4.78 is 11.3. The molecule has 3 amide bonds. The predicted octanol–water partition coefficient (Wildman–Crippen LogP) is 4.43. The second kappa shape index (κ2) is 9.94. The molecule has 2 aromatic heterocycles. The van der Waals surface area contributed by atoms with Crippen LogP contribution in [-0.4, -0.2) is 36.1 Å². The van der Waals surface area contributed by atoms with Crippen molar-refractivity contribution in [2.75, 3.05) is 24.9 Å². The van der Waals surface area contributed by atoms with E-state index in [9.17, 15) is 9.59 Å². The van der Waals surface area contributed by atoms with E-state index in [4.69, 9.17) is 14.3 Å². The van der Waals surface area contributed by atoms with E-state index >= 15 is 0 Å². The molecule has 0 atom stereocenters. The summed E-state index contributed by atoms with van der Waals surface area (Å²) in [6, 6.07) is 11.4. The number of fused-ring (bicyclic) bond motifs is 1. The van der Waals surface area contributed by atoms with Gasteiger partial charge in [0.2, 0.25) is 0 Å². The number of benzene rings is 2. The molecule has 0 saturated heterocycles. The molecule has 4 aromatic rings. The van der Waals surface area contributed by atoms with Gasteiger partial charge in [-0.15, -0.1) is 11.3 Å². The molecule has 0 unspecified atom stereocenters. The van der Waals surface area contributed by atoms with E-state index in [1.54, 1.807) is 60.2 Å². The number of nitrogens with zero attached hydrogens (tertiary/aromatic N) is 2. The van der Waals surface area contributed by atoms with Crippen LogP contribution in [0.1, 0.15) is 10.4 Å². The van der Waals surface area contributed by atoms with Crippen LogP contribution in [0.25, 0.3) is 10.9 Å². The third-order valence-corrected chi connectivity index (χ3v) is 5.14. The third-order valence-electron chi connectivity index (χ3n) is 4.45. The van der Waals surface area contributed by atoms with Crippen LogP contribution in [0.3, 0.4) is 0 Å². The summed E-state index contributed by atoms with van der Waals surface area (Å²) in [6.45, 7) is 0. The Morgan fingerprint density at radius 2 is 1.76 bits per heavy atom. The minimum atomic E-state index is -0.461. The number of amides is 3. The number of hydroxylamine groups is 1. The van der Waals surface area contributed by atoms with Crippen molar-refractivity contribution in [3.8, 4) is 17.2 Å². The Morgan fingerprint density at radius 3 is 2.45 bits per heavy atom. The molecule has 0 saturated carbocycles. The van der Waals surface area contributed by atoms with Gasteiger partial charge in [0.05, 0.1) is 25.3 Å². The Morgan fingerprint density at radius 1 is 0.939 bits per heavy atom. The summed E-state index contributed by atoms with van der Waals surface area (Å²) in [5, 5.41) is 8.26. The molecular formula is C22H19N5O5S. The van der Waals surface area contributed by atoms with Crippen molar-refractivity contribution in [3.05, 3.63) is 65.8 Å². The molecule has 10 nitrogen and oxygen atoms in total. The van der Waals surface area contributed by atoms with Gasteiger partial charge >= 0.3 is 6.03 Å². The lowest BCUT2D eigenvalue weighted by Crippen LogP contribution is -2.22. The van der Waals surface area contributed by atoms with Crippen molar-refractivity contribution in [1.29, 1.82) is 0 Å². The monoisotopic (exact) mass is 465 g/mol. The molecule has 168 valence electrons. The largest absolute Gasteiger partial charge is 0.496 e. The van der Waals surface area contributed by atoms with Gasteiger partial charge in [-0.25, -0.2) is 15.3 Å². The zero-order valence-corrected chi connectivity index (χ0v) is 18.4. The van der Waals surface area contributed by atoms with Crippen molar-refractivity contribution in [1.82, 2.24) is 15.4 Å². The SMILES string of the molecule is CONC(=O)c1cc2c(Oc3ccc(NC(=O)Nc4nccs4)cc3)ccnc2cc1OC. The number of nitrogens with one attached hydrogen (secondary N) is 3. The van der Waals surface area contributed by atoms with Gasteiger partial charge in [0.1, 0.15) is 17.2 Å². The normalized spacial score (nSPS) is 10.5. The summed E-state index contributed by atoms with van der Waals surface area (Å²) in [5.74, 6) is 0.925. The van der Waals surface area contributed by atoms with Gasteiger partial charge in [0.25, 0.3) is 5.91 Å². The second-order valence-corrected chi connectivity index (χ2v) is 7.45. The number of anilines is 2. The van der Waals surface area contributed by atoms with Gasteiger partial charge in [-0.05, 0) is 36.4 Å². The van der Waals surface area contributed by atoms with Crippen LogP contribution in [0, 0.1) is 0 Å². The zero-order valence-electron chi connectivity index (χ0n) is 17.6. The van der Waals surface area contributed by atoms with Crippen LogP contribution in [0.2, 0.25) is 0 Å². The van der Waals surface area contributed by atoms with E-state index in [2.05, 4.69) is 26.1 Å². The van der Waals surface area contributed by atoms with Gasteiger partial charge in [-0.3, -0.25) is 19.9 Å². The molecule has 0 aliphatic rings. The highest BCUT2D eigenvalue weighted by molar-refractivity contribution is 7.13. The fourth-order valence-electron chi connectivity index (χ4n) is 3.01. The van der Waals surface area contributed by atoms with Crippen molar-refractivity contribution >= 4 is 45.0 Å². The quantitative estimate of drug-likeness (QED) is 0.345. The first kappa shape index (κ1) is 22.0. The minimum absolute atomic E-state index is 0.274. The number of thiazole rings is 1. The van der Waals surface area contributed by atoms with E-state index in [0.29, 0.717) is 39.0 Å². The van der Waals surface area contributed by atoms with Crippen LogP contribution in [-0.2, 0) is 4.84 Å². The topological polar surface area (TPSA) is 124 Å². The summed E-state index contributed by atoms with van der Waals surface area (Å²) in [6.07, 6.45) is 3.21. The molecule has 0 fully saturated rings. The maximum atomic E-state index is 12.3. The molecule has 0 aliphatic heterocycles. The van der Waals surface area contributed by atoms with E-state index in [0.717, 1.165) is 0 Å². The predicted molar refractivity (Wildman–Crippen MR) is 124 cm³/mol. The number of carbonyl (C=O) groups is 2. The number of methoxy groups -OCH3 is 1. The lowest BCUT2D eigenvalue weighted by molar-refractivity contribution is 0.0535. The number of aromatic nitrogens is 2. The maximum Gasteiger partial charge on any atom is 0.325 e. The van der Waals surface area contributed by atoms with Crippen molar-refractivity contribution in [3.63, 3.8) is 0 Å². The third kappa shape index (κ3) is 5.17. The zero-order chi connectivity index (χ0) is 23.2. The molecule has 2 heterocycles. The van der Waals surface area contributed by atoms with Crippen LogP contribution < -0.4 is 25.6 Å². The van der Waals surface area contributed by atoms with E-state index in [-0.39, 0.29) is 5.56 Å². The van der Waals surface area contributed by atoms with Crippen molar-refractivity contribution in [2.45, 2.75) is 0 Å². The number of hydrogen-bond donors (Lipinski definition) is 3. The Kier molecular flexibility index (Phi) is 6.62.